The summed E-state index contributed by atoms with van der Waals surface area (Å²) in [5.74, 6) is 0. The average molecular weight is 159 g/mol. The van der Waals surface area contributed by atoms with E-state index >= 15 is 0 Å². The molecule has 62 valence electrons. The topological polar surface area (TPSA) is 12.9 Å². The highest BCUT2D eigenvalue weighted by atomic mass is 14.7. The highest BCUT2D eigenvalue weighted by Gasteiger charge is 1.98. The standard InChI is InChI=1S/C11H13N/c1-4-6-10-7-5-8-12-11(10)9(2)3/h4-8H,2H2,1,3H3. The second-order valence-electron chi connectivity index (χ2n) is 2.72. The van der Waals surface area contributed by atoms with Gasteiger partial charge in [0.2, 0.25) is 0 Å². The van der Waals surface area contributed by atoms with Gasteiger partial charge in [0.1, 0.15) is 0 Å². The van der Waals surface area contributed by atoms with Crippen LogP contribution in [0.3, 0.4) is 0 Å². The second-order valence-corrected chi connectivity index (χ2v) is 2.72. The molecule has 1 heterocycles. The number of hydrogen-bond acceptors (Lipinski definition) is 1. The van der Waals surface area contributed by atoms with Gasteiger partial charge in [0.15, 0.2) is 0 Å². The molecule has 0 bridgehead atoms. The van der Waals surface area contributed by atoms with Crippen LogP contribution >= 0.6 is 0 Å². The smallest absolute Gasteiger partial charge is 0.0725 e. The molecule has 0 unspecified atom stereocenters. The normalized spacial score (nSPS) is 10.5. The molecule has 0 spiro atoms. The molecule has 0 radical (unpaired) electrons. The molecular formula is C11H13N. The van der Waals surface area contributed by atoms with Crippen molar-refractivity contribution in [3.63, 3.8) is 0 Å². The summed E-state index contributed by atoms with van der Waals surface area (Å²) in [5.41, 5.74) is 3.12. The minimum Gasteiger partial charge on any atom is -0.256 e. The maximum absolute atomic E-state index is 4.25. The molecule has 1 aromatic rings. The number of rotatable bonds is 2. The van der Waals surface area contributed by atoms with Crippen molar-refractivity contribution in [2.45, 2.75) is 13.8 Å². The number of pyridine rings is 1. The molecule has 0 amide bonds. The second kappa shape index (κ2) is 3.86. The van der Waals surface area contributed by atoms with Crippen LogP contribution in [0.15, 0.2) is 31.0 Å². The molecule has 0 atom stereocenters. The van der Waals surface area contributed by atoms with Crippen LogP contribution in [0.5, 0.6) is 0 Å². The van der Waals surface area contributed by atoms with Crippen LogP contribution in [-0.4, -0.2) is 4.98 Å². The van der Waals surface area contributed by atoms with Gasteiger partial charge in [0.25, 0.3) is 0 Å². The van der Waals surface area contributed by atoms with Crippen molar-refractivity contribution in [3.8, 4) is 0 Å². The Morgan fingerprint density at radius 1 is 1.58 bits per heavy atom. The molecule has 0 aliphatic carbocycles. The lowest BCUT2D eigenvalue weighted by atomic mass is 10.1. The Bertz CT molecular complexity index is 311. The molecule has 0 N–H and O–H groups in total. The van der Waals surface area contributed by atoms with Gasteiger partial charge in [0, 0.05) is 11.8 Å². The van der Waals surface area contributed by atoms with Gasteiger partial charge < -0.3 is 0 Å². The van der Waals surface area contributed by atoms with Gasteiger partial charge in [-0.2, -0.15) is 0 Å². The lowest BCUT2D eigenvalue weighted by Crippen LogP contribution is -1.88. The minimum atomic E-state index is 0.982. The predicted molar refractivity (Wildman–Crippen MR) is 53.7 cm³/mol. The summed E-state index contributed by atoms with van der Waals surface area (Å²) in [4.78, 5) is 4.25. The van der Waals surface area contributed by atoms with E-state index in [1.54, 1.807) is 6.20 Å². The van der Waals surface area contributed by atoms with Gasteiger partial charge in [-0.3, -0.25) is 4.98 Å². The summed E-state index contributed by atoms with van der Waals surface area (Å²) in [6, 6.07) is 3.97. The summed E-state index contributed by atoms with van der Waals surface area (Å²) in [6.45, 7) is 7.83. The number of aromatic nitrogens is 1. The molecule has 1 heteroatoms. The molecule has 0 aliphatic heterocycles. The molecule has 0 fully saturated rings. The Morgan fingerprint density at radius 3 is 2.92 bits per heavy atom. The zero-order chi connectivity index (χ0) is 8.97. The molecule has 12 heavy (non-hydrogen) atoms. The summed E-state index contributed by atoms with van der Waals surface area (Å²) < 4.78 is 0. The Morgan fingerprint density at radius 2 is 2.33 bits per heavy atom. The largest absolute Gasteiger partial charge is 0.256 e. The molecule has 1 nitrogen and oxygen atoms in total. The van der Waals surface area contributed by atoms with Gasteiger partial charge in [0.05, 0.1) is 5.69 Å². The van der Waals surface area contributed by atoms with E-state index in [0.29, 0.717) is 0 Å². The van der Waals surface area contributed by atoms with Crippen LogP contribution in [0.4, 0.5) is 0 Å². The average Bonchev–Trinajstić information content (AvgIpc) is 2.05. The first kappa shape index (κ1) is 8.72. The maximum Gasteiger partial charge on any atom is 0.0725 e. The quantitative estimate of drug-likeness (QED) is 0.646. The highest BCUT2D eigenvalue weighted by molar-refractivity contribution is 5.68. The summed E-state index contributed by atoms with van der Waals surface area (Å²) >= 11 is 0. The fraction of sp³-hybridized carbons (Fsp3) is 0.182. The third kappa shape index (κ3) is 1.82. The van der Waals surface area contributed by atoms with Crippen molar-refractivity contribution in [3.05, 3.63) is 42.2 Å². The van der Waals surface area contributed by atoms with E-state index in [-0.39, 0.29) is 0 Å². The monoisotopic (exact) mass is 159 g/mol. The first-order chi connectivity index (χ1) is 5.75. The minimum absolute atomic E-state index is 0.982. The fourth-order valence-corrected chi connectivity index (χ4v) is 1.09. The Kier molecular flexibility index (Phi) is 2.81. The van der Waals surface area contributed by atoms with Gasteiger partial charge in [-0.1, -0.05) is 24.8 Å². The van der Waals surface area contributed by atoms with E-state index < -0.39 is 0 Å². The molecule has 0 saturated heterocycles. The molecule has 1 aromatic heterocycles. The van der Waals surface area contributed by atoms with Crippen LogP contribution in [0.2, 0.25) is 0 Å². The number of hydrogen-bond donors (Lipinski definition) is 0. The highest BCUT2D eigenvalue weighted by Crippen LogP contribution is 2.14. The fourth-order valence-electron chi connectivity index (χ4n) is 1.09. The lowest BCUT2D eigenvalue weighted by Gasteiger charge is -2.02. The van der Waals surface area contributed by atoms with E-state index in [1.807, 2.05) is 38.1 Å². The number of allylic oxidation sites excluding steroid dienone is 2. The zero-order valence-electron chi connectivity index (χ0n) is 7.54. The van der Waals surface area contributed by atoms with Crippen molar-refractivity contribution in [1.82, 2.24) is 4.98 Å². The first-order valence-electron chi connectivity index (χ1n) is 3.99. The van der Waals surface area contributed by atoms with Gasteiger partial charge >= 0.3 is 0 Å². The number of nitrogens with zero attached hydrogens (tertiary/aromatic N) is 1. The lowest BCUT2D eigenvalue weighted by molar-refractivity contribution is 1.26. The SMILES string of the molecule is C=C(C)c1ncccc1C=CC. The Balaban J connectivity index is 3.17. The first-order valence-corrected chi connectivity index (χ1v) is 3.99. The van der Waals surface area contributed by atoms with Crippen molar-refractivity contribution in [2.24, 2.45) is 0 Å². The van der Waals surface area contributed by atoms with E-state index in [2.05, 4.69) is 11.6 Å². The van der Waals surface area contributed by atoms with Gasteiger partial charge in [-0.05, 0) is 25.5 Å². The third-order valence-corrected chi connectivity index (χ3v) is 1.59. The van der Waals surface area contributed by atoms with Crippen LogP contribution in [0, 0.1) is 0 Å². The Labute approximate surface area is 73.5 Å². The maximum atomic E-state index is 4.25. The van der Waals surface area contributed by atoms with E-state index in [0.717, 1.165) is 16.8 Å². The summed E-state index contributed by atoms with van der Waals surface area (Å²) in [5, 5.41) is 0. The van der Waals surface area contributed by atoms with Crippen LogP contribution in [-0.2, 0) is 0 Å². The third-order valence-electron chi connectivity index (χ3n) is 1.59. The Hall–Kier alpha value is -1.37. The zero-order valence-corrected chi connectivity index (χ0v) is 7.54. The summed E-state index contributed by atoms with van der Waals surface area (Å²) in [7, 11) is 0. The predicted octanol–water partition coefficient (Wildman–Crippen LogP) is 3.15. The van der Waals surface area contributed by atoms with Gasteiger partial charge in [-0.25, -0.2) is 0 Å². The van der Waals surface area contributed by atoms with E-state index in [4.69, 9.17) is 0 Å². The molecule has 0 aliphatic rings. The van der Waals surface area contributed by atoms with Gasteiger partial charge in [-0.15, -0.1) is 0 Å². The van der Waals surface area contributed by atoms with Crippen LogP contribution < -0.4 is 0 Å². The van der Waals surface area contributed by atoms with Crippen molar-refractivity contribution >= 4 is 11.6 Å². The molecular weight excluding hydrogens is 146 g/mol. The van der Waals surface area contributed by atoms with E-state index in [9.17, 15) is 0 Å². The van der Waals surface area contributed by atoms with Crippen molar-refractivity contribution in [1.29, 1.82) is 0 Å². The van der Waals surface area contributed by atoms with Crippen LogP contribution in [0.25, 0.3) is 11.6 Å². The summed E-state index contributed by atoms with van der Waals surface area (Å²) in [6.07, 6.45) is 5.83. The van der Waals surface area contributed by atoms with Crippen molar-refractivity contribution < 1.29 is 0 Å². The molecule has 0 aromatic carbocycles. The van der Waals surface area contributed by atoms with E-state index in [1.165, 1.54) is 0 Å². The van der Waals surface area contributed by atoms with Crippen molar-refractivity contribution in [2.75, 3.05) is 0 Å². The van der Waals surface area contributed by atoms with Crippen LogP contribution in [0.1, 0.15) is 25.1 Å². The molecule has 1 rings (SSSR count). The molecule has 0 saturated carbocycles.